The second-order valence-electron chi connectivity index (χ2n) is 5.17. The first kappa shape index (κ1) is 8.97. The fraction of sp³-hybridized carbons (Fsp3) is 0.727. The summed E-state index contributed by atoms with van der Waals surface area (Å²) in [4.78, 5) is 2.67. The minimum absolute atomic E-state index is 0.666. The number of halogens is 1. The van der Waals surface area contributed by atoms with Crippen molar-refractivity contribution in [2.24, 2.45) is 11.8 Å². The third-order valence-electron chi connectivity index (χ3n) is 4.49. The normalized spacial score (nSPS) is 46.6. The molecular weight excluding hydrogens is 228 g/mol. The van der Waals surface area contributed by atoms with Gasteiger partial charge in [-0.1, -0.05) is 11.6 Å². The molecule has 4 heterocycles. The van der Waals surface area contributed by atoms with Gasteiger partial charge in [0.25, 0.3) is 0 Å². The lowest BCUT2D eigenvalue weighted by Crippen LogP contribution is -2.34. The molecule has 4 bridgehead atoms. The molecule has 1 aliphatic carbocycles. The summed E-state index contributed by atoms with van der Waals surface area (Å²) in [6.45, 7) is 2.58. The molecule has 0 spiro atoms. The summed E-state index contributed by atoms with van der Waals surface area (Å²) in [6, 6.07) is 0.897. The summed E-state index contributed by atoms with van der Waals surface area (Å²) in [5.41, 5.74) is 1.21. The van der Waals surface area contributed by atoms with E-state index >= 15 is 0 Å². The van der Waals surface area contributed by atoms with Gasteiger partial charge in [0.15, 0.2) is 0 Å². The highest BCUT2D eigenvalue weighted by Crippen LogP contribution is 2.54. The van der Waals surface area contributed by atoms with Crippen LogP contribution >= 0.6 is 23.1 Å². The zero-order chi connectivity index (χ0) is 9.99. The van der Waals surface area contributed by atoms with Gasteiger partial charge in [-0.05, 0) is 36.2 Å². The molecule has 0 radical (unpaired) electrons. The van der Waals surface area contributed by atoms with Crippen LogP contribution in [0, 0.1) is 11.8 Å². The van der Waals surface area contributed by atoms with Crippen molar-refractivity contribution in [1.82, 2.24) is 9.27 Å². The van der Waals surface area contributed by atoms with Gasteiger partial charge in [-0.25, -0.2) is 0 Å². The molecule has 4 heteroatoms. The third-order valence-corrected chi connectivity index (χ3v) is 5.56. The van der Waals surface area contributed by atoms with Crippen LogP contribution in [0.5, 0.6) is 0 Å². The highest BCUT2D eigenvalue weighted by atomic mass is 35.5. The van der Waals surface area contributed by atoms with Crippen LogP contribution in [0.3, 0.4) is 0 Å². The largest absolute Gasteiger partial charge is 0.300 e. The Morgan fingerprint density at radius 1 is 1.33 bits per heavy atom. The highest BCUT2D eigenvalue weighted by molar-refractivity contribution is 7.04. The van der Waals surface area contributed by atoms with E-state index in [0.717, 1.165) is 22.9 Å². The second-order valence-corrected chi connectivity index (χ2v) is 6.21. The minimum atomic E-state index is 0.666. The Bertz CT molecular complexity index is 375. The monoisotopic (exact) mass is 240 g/mol. The first-order valence-electron chi connectivity index (χ1n) is 5.67. The van der Waals surface area contributed by atoms with Gasteiger partial charge in [-0.2, -0.15) is 4.37 Å². The van der Waals surface area contributed by atoms with Crippen molar-refractivity contribution < 1.29 is 0 Å². The molecule has 0 N–H and O–H groups in total. The number of hydrogen-bond donors (Lipinski definition) is 0. The van der Waals surface area contributed by atoms with Crippen LogP contribution in [0.2, 0.25) is 5.02 Å². The predicted octanol–water partition coefficient (Wildman–Crippen LogP) is 2.60. The Morgan fingerprint density at radius 2 is 2.07 bits per heavy atom. The maximum Gasteiger partial charge on any atom is 0.0765 e. The van der Waals surface area contributed by atoms with Gasteiger partial charge in [0.1, 0.15) is 0 Å². The summed E-state index contributed by atoms with van der Waals surface area (Å²) in [6.07, 6.45) is 2.77. The topological polar surface area (TPSA) is 16.1 Å². The van der Waals surface area contributed by atoms with E-state index in [-0.39, 0.29) is 0 Å². The Balaban J connectivity index is 1.76. The molecule has 2 unspecified atom stereocenters. The lowest BCUT2D eigenvalue weighted by molar-refractivity contribution is 0.219. The first-order valence-corrected chi connectivity index (χ1v) is 6.88. The third kappa shape index (κ3) is 1.12. The zero-order valence-corrected chi connectivity index (χ0v) is 9.97. The molecule has 1 aromatic heterocycles. The molecule has 1 saturated carbocycles. The Hall–Kier alpha value is -0.120. The van der Waals surface area contributed by atoms with Crippen molar-refractivity contribution in [1.29, 1.82) is 0 Å². The number of nitrogens with zero attached hydrogens (tertiary/aromatic N) is 2. The van der Waals surface area contributed by atoms with E-state index in [0.29, 0.717) is 5.92 Å². The van der Waals surface area contributed by atoms with Crippen LogP contribution in [0.15, 0.2) is 5.38 Å². The summed E-state index contributed by atoms with van der Waals surface area (Å²) >= 11 is 7.74. The minimum Gasteiger partial charge on any atom is -0.300 e. The quantitative estimate of drug-likeness (QED) is 0.750. The maximum absolute atomic E-state index is 6.23. The van der Waals surface area contributed by atoms with Crippen LogP contribution in [0.4, 0.5) is 0 Å². The number of rotatable bonds is 1. The summed E-state index contributed by atoms with van der Waals surface area (Å²) < 4.78 is 4.52. The van der Waals surface area contributed by atoms with Crippen molar-refractivity contribution in [3.63, 3.8) is 0 Å². The molecule has 2 atom stereocenters. The van der Waals surface area contributed by atoms with Crippen LogP contribution in [0.1, 0.15) is 24.5 Å². The number of hydrogen-bond acceptors (Lipinski definition) is 3. The SMILES string of the molecule is Clc1csnc1C1C2CC3CC1CN3C2. The summed E-state index contributed by atoms with van der Waals surface area (Å²) in [5, 5.41) is 2.89. The number of aromatic nitrogens is 1. The Morgan fingerprint density at radius 3 is 2.60 bits per heavy atom. The van der Waals surface area contributed by atoms with E-state index < -0.39 is 0 Å². The van der Waals surface area contributed by atoms with Gasteiger partial charge in [0.05, 0.1) is 10.7 Å². The molecule has 80 valence electrons. The van der Waals surface area contributed by atoms with Crippen LogP contribution < -0.4 is 0 Å². The van der Waals surface area contributed by atoms with Gasteiger partial charge in [-0.15, -0.1) is 0 Å². The van der Waals surface area contributed by atoms with Crippen molar-refractivity contribution in [3.05, 3.63) is 16.1 Å². The molecule has 5 rings (SSSR count). The zero-order valence-electron chi connectivity index (χ0n) is 8.40. The molecule has 4 fully saturated rings. The molecule has 3 aliphatic heterocycles. The number of piperidine rings is 1. The van der Waals surface area contributed by atoms with Gasteiger partial charge in [0.2, 0.25) is 0 Å². The van der Waals surface area contributed by atoms with Crippen molar-refractivity contribution in [2.45, 2.75) is 24.8 Å². The van der Waals surface area contributed by atoms with Crippen molar-refractivity contribution in [3.8, 4) is 0 Å². The van der Waals surface area contributed by atoms with Crippen molar-refractivity contribution >= 4 is 23.1 Å². The molecule has 1 aromatic rings. The van der Waals surface area contributed by atoms with E-state index in [4.69, 9.17) is 11.6 Å². The molecule has 15 heavy (non-hydrogen) atoms. The molecule has 0 aromatic carbocycles. The highest BCUT2D eigenvalue weighted by Gasteiger charge is 2.53. The molecule has 0 amide bonds. The second kappa shape index (κ2) is 2.96. The van der Waals surface area contributed by atoms with Gasteiger partial charge in [-0.3, -0.25) is 4.90 Å². The average molecular weight is 241 g/mol. The fourth-order valence-electron chi connectivity index (χ4n) is 4.02. The van der Waals surface area contributed by atoms with E-state index in [1.807, 2.05) is 5.38 Å². The van der Waals surface area contributed by atoms with E-state index in [2.05, 4.69) is 9.27 Å². The van der Waals surface area contributed by atoms with E-state index in [1.54, 1.807) is 0 Å². The average Bonchev–Trinajstić information content (AvgIpc) is 2.82. The first-order chi connectivity index (χ1) is 7.33. The molecule has 2 nitrogen and oxygen atoms in total. The van der Waals surface area contributed by atoms with Gasteiger partial charge in [0, 0.05) is 30.4 Å². The van der Waals surface area contributed by atoms with Crippen LogP contribution in [-0.4, -0.2) is 28.4 Å². The summed E-state index contributed by atoms with van der Waals surface area (Å²) in [5.74, 6) is 2.34. The van der Waals surface area contributed by atoms with Gasteiger partial charge >= 0.3 is 0 Å². The lowest BCUT2D eigenvalue weighted by atomic mass is 9.72. The van der Waals surface area contributed by atoms with Crippen molar-refractivity contribution in [2.75, 3.05) is 13.1 Å². The van der Waals surface area contributed by atoms with E-state index in [1.165, 1.54) is 43.2 Å². The molecule has 3 saturated heterocycles. The predicted molar refractivity (Wildman–Crippen MR) is 61.4 cm³/mol. The van der Waals surface area contributed by atoms with Crippen LogP contribution in [-0.2, 0) is 0 Å². The smallest absolute Gasteiger partial charge is 0.0765 e. The Kier molecular flexibility index (Phi) is 1.77. The van der Waals surface area contributed by atoms with Crippen LogP contribution in [0.25, 0.3) is 0 Å². The molecule has 4 aliphatic rings. The van der Waals surface area contributed by atoms with Gasteiger partial charge < -0.3 is 0 Å². The fourth-order valence-corrected chi connectivity index (χ4v) is 4.96. The van der Waals surface area contributed by atoms with E-state index in [9.17, 15) is 0 Å². The Labute approximate surface area is 98.4 Å². The molecular formula is C11H13ClN2S. The standard InChI is InChI=1S/C11H13ClN2S/c12-9-5-15-13-11(9)10-6-1-8-2-7(10)4-14(8)3-6/h5-8,10H,1-4H2. The lowest BCUT2D eigenvalue weighted by Gasteiger charge is -2.34. The maximum atomic E-state index is 6.23. The summed E-state index contributed by atoms with van der Waals surface area (Å²) in [7, 11) is 0.